The van der Waals surface area contributed by atoms with Crippen LogP contribution in [-0.2, 0) is 24.4 Å². The molecule has 0 amide bonds. The summed E-state index contributed by atoms with van der Waals surface area (Å²) in [4.78, 5) is 18.5. The molecule has 2 aromatic heterocycles. The van der Waals surface area contributed by atoms with Gasteiger partial charge in [0.25, 0.3) is 0 Å². The van der Waals surface area contributed by atoms with Crippen molar-refractivity contribution >= 4 is 16.9 Å². The second kappa shape index (κ2) is 6.64. The van der Waals surface area contributed by atoms with Crippen molar-refractivity contribution in [3.8, 4) is 0 Å². The number of esters is 1. The number of methoxy groups -OCH3 is 1. The Hall–Kier alpha value is -2.73. The molecule has 0 saturated heterocycles. The van der Waals surface area contributed by atoms with Crippen LogP contribution < -0.4 is 0 Å². The van der Waals surface area contributed by atoms with E-state index in [1.807, 2.05) is 29.1 Å². The standard InChI is InChI=1S/C19H20N4O2/c1-25-19(24)18-11-15-13-22(9-4-10-23(15)21-18)12-14-5-2-7-17-16(14)6-3-8-20-17/h2-3,5-8,11H,4,9-10,12-13H2,1H3. The monoisotopic (exact) mass is 336 g/mol. The summed E-state index contributed by atoms with van der Waals surface area (Å²) in [6, 6.07) is 12.2. The quantitative estimate of drug-likeness (QED) is 0.688. The molecule has 0 radical (unpaired) electrons. The zero-order valence-corrected chi connectivity index (χ0v) is 14.2. The molecule has 4 rings (SSSR count). The van der Waals surface area contributed by atoms with E-state index in [9.17, 15) is 4.79 Å². The van der Waals surface area contributed by atoms with E-state index < -0.39 is 0 Å². The smallest absolute Gasteiger partial charge is 0.358 e. The molecular weight excluding hydrogens is 316 g/mol. The van der Waals surface area contributed by atoms with Crippen LogP contribution in [0.5, 0.6) is 0 Å². The molecule has 0 spiro atoms. The number of benzene rings is 1. The Morgan fingerprint density at radius 1 is 1.24 bits per heavy atom. The van der Waals surface area contributed by atoms with Crippen molar-refractivity contribution in [2.45, 2.75) is 26.1 Å². The molecule has 1 aliphatic rings. The fourth-order valence-electron chi connectivity index (χ4n) is 3.41. The highest BCUT2D eigenvalue weighted by atomic mass is 16.5. The van der Waals surface area contributed by atoms with Gasteiger partial charge in [0.15, 0.2) is 5.69 Å². The maximum atomic E-state index is 11.7. The second-order valence-corrected chi connectivity index (χ2v) is 6.29. The zero-order valence-electron chi connectivity index (χ0n) is 14.2. The lowest BCUT2D eigenvalue weighted by atomic mass is 10.1. The lowest BCUT2D eigenvalue weighted by Crippen LogP contribution is -2.23. The van der Waals surface area contributed by atoms with E-state index in [0.717, 1.165) is 43.8 Å². The van der Waals surface area contributed by atoms with Crippen LogP contribution in [0.25, 0.3) is 10.9 Å². The van der Waals surface area contributed by atoms with Gasteiger partial charge >= 0.3 is 5.97 Å². The number of hydrogen-bond donors (Lipinski definition) is 0. The Morgan fingerprint density at radius 3 is 3.04 bits per heavy atom. The Labute approximate surface area is 146 Å². The summed E-state index contributed by atoms with van der Waals surface area (Å²) in [5.41, 5.74) is 3.73. The second-order valence-electron chi connectivity index (χ2n) is 6.29. The van der Waals surface area contributed by atoms with Crippen LogP contribution in [0.4, 0.5) is 0 Å². The van der Waals surface area contributed by atoms with Gasteiger partial charge in [-0.2, -0.15) is 5.10 Å². The summed E-state index contributed by atoms with van der Waals surface area (Å²) in [5, 5.41) is 5.57. The van der Waals surface area contributed by atoms with Gasteiger partial charge in [-0.25, -0.2) is 4.79 Å². The van der Waals surface area contributed by atoms with E-state index in [-0.39, 0.29) is 5.97 Å². The average molecular weight is 336 g/mol. The third-order valence-corrected chi connectivity index (χ3v) is 4.62. The first-order chi connectivity index (χ1) is 12.2. The van der Waals surface area contributed by atoms with Gasteiger partial charge in [0.2, 0.25) is 0 Å². The minimum absolute atomic E-state index is 0.382. The number of carbonyl (C=O) groups is 1. The lowest BCUT2D eigenvalue weighted by molar-refractivity contribution is 0.0593. The van der Waals surface area contributed by atoms with Gasteiger partial charge in [-0.3, -0.25) is 14.6 Å². The van der Waals surface area contributed by atoms with Gasteiger partial charge in [0.05, 0.1) is 18.3 Å². The third kappa shape index (κ3) is 3.13. The van der Waals surface area contributed by atoms with E-state index in [2.05, 4.69) is 33.2 Å². The van der Waals surface area contributed by atoms with Crippen LogP contribution in [0, 0.1) is 0 Å². The van der Waals surface area contributed by atoms with Crippen molar-refractivity contribution in [1.82, 2.24) is 19.7 Å². The SMILES string of the molecule is COC(=O)c1cc2n(n1)CCCN(Cc1cccc3ncccc13)C2. The van der Waals surface area contributed by atoms with Crippen LogP contribution in [0.3, 0.4) is 0 Å². The van der Waals surface area contributed by atoms with Crippen molar-refractivity contribution in [2.75, 3.05) is 13.7 Å². The number of carbonyl (C=O) groups excluding carboxylic acids is 1. The molecule has 1 aromatic carbocycles. The van der Waals surface area contributed by atoms with Crippen LogP contribution in [0.15, 0.2) is 42.6 Å². The van der Waals surface area contributed by atoms with E-state index in [4.69, 9.17) is 4.74 Å². The van der Waals surface area contributed by atoms with E-state index in [0.29, 0.717) is 5.69 Å². The van der Waals surface area contributed by atoms with Crippen molar-refractivity contribution in [3.63, 3.8) is 0 Å². The molecule has 6 nitrogen and oxygen atoms in total. The van der Waals surface area contributed by atoms with Gasteiger partial charge in [-0.1, -0.05) is 18.2 Å². The molecule has 25 heavy (non-hydrogen) atoms. The number of pyridine rings is 1. The fourth-order valence-corrected chi connectivity index (χ4v) is 3.41. The van der Waals surface area contributed by atoms with Crippen molar-refractivity contribution in [1.29, 1.82) is 0 Å². The van der Waals surface area contributed by atoms with Gasteiger partial charge in [0.1, 0.15) is 0 Å². The highest BCUT2D eigenvalue weighted by Crippen LogP contribution is 2.21. The number of fused-ring (bicyclic) bond motifs is 2. The molecule has 0 saturated carbocycles. The molecule has 0 atom stereocenters. The predicted molar refractivity (Wildman–Crippen MR) is 94.0 cm³/mol. The lowest BCUT2D eigenvalue weighted by Gasteiger charge is -2.20. The van der Waals surface area contributed by atoms with Gasteiger partial charge in [0, 0.05) is 37.8 Å². The minimum atomic E-state index is -0.382. The van der Waals surface area contributed by atoms with Crippen molar-refractivity contribution in [2.24, 2.45) is 0 Å². The average Bonchev–Trinajstić information content (AvgIpc) is 2.94. The molecular formula is C19H20N4O2. The fraction of sp³-hybridized carbons (Fsp3) is 0.316. The van der Waals surface area contributed by atoms with Crippen LogP contribution in [-0.4, -0.2) is 39.3 Å². The number of rotatable bonds is 3. The number of hydrogen-bond acceptors (Lipinski definition) is 5. The Balaban J connectivity index is 1.59. The maximum Gasteiger partial charge on any atom is 0.358 e. The molecule has 0 unspecified atom stereocenters. The molecule has 128 valence electrons. The first-order valence-electron chi connectivity index (χ1n) is 8.44. The highest BCUT2D eigenvalue weighted by Gasteiger charge is 2.20. The van der Waals surface area contributed by atoms with Gasteiger partial charge in [-0.05, 0) is 30.2 Å². The number of aryl methyl sites for hydroxylation is 1. The van der Waals surface area contributed by atoms with Gasteiger partial charge < -0.3 is 4.74 Å². The molecule has 0 bridgehead atoms. The van der Waals surface area contributed by atoms with Crippen molar-refractivity contribution < 1.29 is 9.53 Å². The molecule has 3 heterocycles. The van der Waals surface area contributed by atoms with Crippen LogP contribution in [0.2, 0.25) is 0 Å². The molecule has 1 aliphatic heterocycles. The molecule has 6 heteroatoms. The molecule has 0 aliphatic carbocycles. The largest absolute Gasteiger partial charge is 0.464 e. The summed E-state index contributed by atoms with van der Waals surface area (Å²) in [6.45, 7) is 3.43. The van der Waals surface area contributed by atoms with Crippen LogP contribution in [0.1, 0.15) is 28.2 Å². The zero-order chi connectivity index (χ0) is 17.2. The summed E-state index contributed by atoms with van der Waals surface area (Å²) in [7, 11) is 1.38. The summed E-state index contributed by atoms with van der Waals surface area (Å²) in [5.74, 6) is -0.382. The minimum Gasteiger partial charge on any atom is -0.464 e. The normalized spacial score (nSPS) is 14.9. The Morgan fingerprint density at radius 2 is 2.16 bits per heavy atom. The highest BCUT2D eigenvalue weighted by molar-refractivity contribution is 5.87. The first kappa shape index (κ1) is 15.8. The maximum absolute atomic E-state index is 11.7. The number of aromatic nitrogens is 3. The predicted octanol–water partition coefficient (Wildman–Crippen LogP) is 2.62. The topological polar surface area (TPSA) is 60.3 Å². The van der Waals surface area contributed by atoms with Crippen molar-refractivity contribution in [3.05, 3.63) is 59.5 Å². The number of ether oxygens (including phenoxy) is 1. The van der Waals surface area contributed by atoms with Gasteiger partial charge in [-0.15, -0.1) is 0 Å². The van der Waals surface area contributed by atoms with E-state index >= 15 is 0 Å². The Bertz CT molecular complexity index is 913. The number of nitrogens with zero attached hydrogens (tertiary/aromatic N) is 4. The molecule has 0 N–H and O–H groups in total. The summed E-state index contributed by atoms with van der Waals surface area (Å²) < 4.78 is 6.71. The molecule has 3 aromatic rings. The summed E-state index contributed by atoms with van der Waals surface area (Å²) >= 11 is 0. The third-order valence-electron chi connectivity index (χ3n) is 4.62. The molecule has 0 fully saturated rings. The Kier molecular flexibility index (Phi) is 4.19. The van der Waals surface area contributed by atoms with E-state index in [1.165, 1.54) is 18.1 Å². The summed E-state index contributed by atoms with van der Waals surface area (Å²) in [6.07, 6.45) is 2.82. The van der Waals surface area contributed by atoms with Crippen LogP contribution >= 0.6 is 0 Å². The first-order valence-corrected chi connectivity index (χ1v) is 8.44. The van der Waals surface area contributed by atoms with E-state index in [1.54, 1.807) is 0 Å².